The predicted octanol–water partition coefficient (Wildman–Crippen LogP) is 0.674. The van der Waals surface area contributed by atoms with Gasteiger partial charge in [-0.25, -0.2) is 0 Å². The molecule has 1 aliphatic carbocycles. The van der Waals surface area contributed by atoms with Gasteiger partial charge in [-0.05, 0) is 18.4 Å². The molecule has 1 heterocycles. The number of carbonyl (C=O) groups is 1. The third-order valence-electron chi connectivity index (χ3n) is 2.57. The maximum atomic E-state index is 11.5. The number of aromatic nitrogens is 2. The van der Waals surface area contributed by atoms with E-state index in [1.54, 1.807) is 10.9 Å². The molecule has 1 saturated carbocycles. The summed E-state index contributed by atoms with van der Waals surface area (Å²) in [6.45, 7) is 0.823. The van der Waals surface area contributed by atoms with Gasteiger partial charge in [-0.3, -0.25) is 9.48 Å². The second-order valence-corrected chi connectivity index (χ2v) is 4.22. The van der Waals surface area contributed by atoms with E-state index in [1.807, 2.05) is 13.2 Å². The highest BCUT2D eigenvalue weighted by molar-refractivity contribution is 5.80. The van der Waals surface area contributed by atoms with Crippen LogP contribution in [-0.2, 0) is 18.3 Å². The summed E-state index contributed by atoms with van der Waals surface area (Å²) in [5.74, 6) is 0.288. The Morgan fingerprint density at radius 2 is 2.47 bits per heavy atom. The monoisotopic (exact) mass is 207 g/mol. The summed E-state index contributed by atoms with van der Waals surface area (Å²) in [5.41, 5.74) is 1.01. The number of ketones is 1. The van der Waals surface area contributed by atoms with E-state index in [1.165, 1.54) is 12.8 Å². The summed E-state index contributed by atoms with van der Waals surface area (Å²) >= 11 is 0. The topological polar surface area (TPSA) is 46.9 Å². The first-order valence-electron chi connectivity index (χ1n) is 5.46. The van der Waals surface area contributed by atoms with Gasteiger partial charge in [0.25, 0.3) is 0 Å². The minimum absolute atomic E-state index is 0.288. The average Bonchev–Trinajstić information content (AvgIpc) is 2.91. The number of nitrogens with one attached hydrogen (secondary N) is 1. The number of hydrogen-bond donors (Lipinski definition) is 1. The van der Waals surface area contributed by atoms with Crippen LogP contribution >= 0.6 is 0 Å². The molecule has 0 atom stereocenters. The Morgan fingerprint density at radius 1 is 1.67 bits per heavy atom. The van der Waals surface area contributed by atoms with E-state index in [0.717, 1.165) is 12.1 Å². The molecule has 15 heavy (non-hydrogen) atoms. The largest absolute Gasteiger partial charge is 0.314 e. The number of Topliss-reactive ketones (excluding diaryl/α,β-unsaturated/α-hetero) is 1. The number of hydrogen-bond acceptors (Lipinski definition) is 3. The van der Waals surface area contributed by atoms with Crippen LogP contribution in [0.5, 0.6) is 0 Å². The molecule has 4 nitrogen and oxygen atoms in total. The van der Waals surface area contributed by atoms with Crippen molar-refractivity contribution in [3.8, 4) is 0 Å². The van der Waals surface area contributed by atoms with Crippen molar-refractivity contribution in [3.05, 3.63) is 18.0 Å². The van der Waals surface area contributed by atoms with Gasteiger partial charge in [0.2, 0.25) is 0 Å². The molecular weight excluding hydrogens is 190 g/mol. The summed E-state index contributed by atoms with van der Waals surface area (Å²) in [6.07, 6.45) is 7.34. The Balaban J connectivity index is 1.67. The smallest absolute Gasteiger partial charge is 0.138 e. The van der Waals surface area contributed by atoms with E-state index in [0.29, 0.717) is 18.9 Å². The highest BCUT2D eigenvalue weighted by Gasteiger charge is 2.20. The van der Waals surface area contributed by atoms with Crippen LogP contribution in [0.15, 0.2) is 12.4 Å². The Hall–Kier alpha value is -1.16. The zero-order chi connectivity index (χ0) is 10.7. The zero-order valence-corrected chi connectivity index (χ0v) is 9.07. The van der Waals surface area contributed by atoms with Gasteiger partial charge in [-0.1, -0.05) is 0 Å². The molecule has 2 rings (SSSR count). The van der Waals surface area contributed by atoms with Gasteiger partial charge in [0, 0.05) is 38.7 Å². The van der Waals surface area contributed by atoms with Gasteiger partial charge in [0.1, 0.15) is 5.78 Å². The maximum absolute atomic E-state index is 11.5. The summed E-state index contributed by atoms with van der Waals surface area (Å²) < 4.78 is 1.73. The standard InChI is InChI=1S/C11H17N3O/c1-14-8-9(7-13-14)6-11(15)4-5-12-10-2-3-10/h7-8,10,12H,2-6H2,1H3. The van der Waals surface area contributed by atoms with E-state index in [9.17, 15) is 4.79 Å². The van der Waals surface area contributed by atoms with Crippen LogP contribution in [-0.4, -0.2) is 28.2 Å². The van der Waals surface area contributed by atoms with E-state index >= 15 is 0 Å². The van der Waals surface area contributed by atoms with Gasteiger partial charge < -0.3 is 5.32 Å². The molecule has 0 aromatic carbocycles. The first kappa shape index (κ1) is 10.4. The number of carbonyl (C=O) groups excluding carboxylic acids is 1. The molecule has 1 aliphatic rings. The molecule has 1 N–H and O–H groups in total. The fraction of sp³-hybridized carbons (Fsp3) is 0.636. The van der Waals surface area contributed by atoms with Crippen LogP contribution in [0.3, 0.4) is 0 Å². The van der Waals surface area contributed by atoms with Crippen molar-refractivity contribution in [2.24, 2.45) is 7.05 Å². The van der Waals surface area contributed by atoms with Crippen molar-refractivity contribution in [1.82, 2.24) is 15.1 Å². The first-order chi connectivity index (χ1) is 7.24. The van der Waals surface area contributed by atoms with Gasteiger partial charge >= 0.3 is 0 Å². The maximum Gasteiger partial charge on any atom is 0.138 e. The van der Waals surface area contributed by atoms with Crippen molar-refractivity contribution in [3.63, 3.8) is 0 Å². The van der Waals surface area contributed by atoms with Crippen molar-refractivity contribution < 1.29 is 4.79 Å². The van der Waals surface area contributed by atoms with E-state index in [-0.39, 0.29) is 5.78 Å². The van der Waals surface area contributed by atoms with Crippen LogP contribution in [0.4, 0.5) is 0 Å². The van der Waals surface area contributed by atoms with Crippen molar-refractivity contribution in [2.45, 2.75) is 31.7 Å². The van der Waals surface area contributed by atoms with Crippen molar-refractivity contribution in [2.75, 3.05) is 6.54 Å². The molecule has 1 aromatic heterocycles. The van der Waals surface area contributed by atoms with Gasteiger partial charge in [-0.15, -0.1) is 0 Å². The summed E-state index contributed by atoms with van der Waals surface area (Å²) in [5, 5.41) is 7.37. The van der Waals surface area contributed by atoms with Crippen LogP contribution in [0, 0.1) is 0 Å². The molecule has 0 saturated heterocycles. The Bertz CT molecular complexity index is 341. The summed E-state index contributed by atoms with van der Waals surface area (Å²) in [4.78, 5) is 11.5. The van der Waals surface area contributed by atoms with Crippen LogP contribution in [0.2, 0.25) is 0 Å². The molecule has 0 radical (unpaired) electrons. The molecule has 0 aliphatic heterocycles. The molecular formula is C11H17N3O. The van der Waals surface area contributed by atoms with E-state index in [2.05, 4.69) is 10.4 Å². The number of nitrogens with zero attached hydrogens (tertiary/aromatic N) is 2. The average molecular weight is 207 g/mol. The third-order valence-corrected chi connectivity index (χ3v) is 2.57. The molecule has 0 unspecified atom stereocenters. The molecule has 0 bridgehead atoms. The lowest BCUT2D eigenvalue weighted by Crippen LogP contribution is -2.20. The lowest BCUT2D eigenvalue weighted by Gasteiger charge is -2.00. The van der Waals surface area contributed by atoms with Gasteiger partial charge in [0.15, 0.2) is 0 Å². The fourth-order valence-corrected chi connectivity index (χ4v) is 1.58. The normalized spacial score (nSPS) is 15.5. The quantitative estimate of drug-likeness (QED) is 0.746. The molecule has 4 heteroatoms. The predicted molar refractivity (Wildman–Crippen MR) is 57.6 cm³/mol. The van der Waals surface area contributed by atoms with Crippen LogP contribution in [0.1, 0.15) is 24.8 Å². The molecule has 0 spiro atoms. The highest BCUT2D eigenvalue weighted by Crippen LogP contribution is 2.18. The van der Waals surface area contributed by atoms with Crippen LogP contribution in [0.25, 0.3) is 0 Å². The first-order valence-corrected chi connectivity index (χ1v) is 5.46. The number of rotatable bonds is 6. The third kappa shape index (κ3) is 3.47. The molecule has 82 valence electrons. The number of aryl methyl sites for hydroxylation is 1. The fourth-order valence-electron chi connectivity index (χ4n) is 1.58. The second kappa shape index (κ2) is 4.57. The summed E-state index contributed by atoms with van der Waals surface area (Å²) in [7, 11) is 1.86. The van der Waals surface area contributed by atoms with Crippen molar-refractivity contribution in [1.29, 1.82) is 0 Å². The Morgan fingerprint density at radius 3 is 3.07 bits per heavy atom. The summed E-state index contributed by atoms with van der Waals surface area (Å²) in [6, 6.07) is 0.691. The molecule has 0 amide bonds. The molecule has 1 fully saturated rings. The SMILES string of the molecule is Cn1cc(CC(=O)CCNC2CC2)cn1. The van der Waals surface area contributed by atoms with Gasteiger partial charge in [-0.2, -0.15) is 5.10 Å². The lowest BCUT2D eigenvalue weighted by molar-refractivity contribution is -0.118. The van der Waals surface area contributed by atoms with Crippen LogP contribution < -0.4 is 5.32 Å². The zero-order valence-electron chi connectivity index (χ0n) is 9.07. The molecule has 1 aromatic rings. The van der Waals surface area contributed by atoms with E-state index < -0.39 is 0 Å². The second-order valence-electron chi connectivity index (χ2n) is 4.22. The Labute approximate surface area is 89.7 Å². The van der Waals surface area contributed by atoms with Crippen molar-refractivity contribution >= 4 is 5.78 Å². The highest BCUT2D eigenvalue weighted by atomic mass is 16.1. The Kier molecular flexibility index (Phi) is 3.16. The minimum Gasteiger partial charge on any atom is -0.314 e. The van der Waals surface area contributed by atoms with Gasteiger partial charge in [0.05, 0.1) is 6.20 Å². The van der Waals surface area contributed by atoms with E-state index in [4.69, 9.17) is 0 Å². The lowest BCUT2D eigenvalue weighted by atomic mass is 10.1. The minimum atomic E-state index is 0.288.